The summed E-state index contributed by atoms with van der Waals surface area (Å²) in [4.78, 5) is 16.8. The molecule has 4 rings (SSSR count). The van der Waals surface area contributed by atoms with Crippen LogP contribution in [0.3, 0.4) is 0 Å². The Morgan fingerprint density at radius 3 is 2.72 bits per heavy atom. The maximum absolute atomic E-state index is 8.85. The van der Waals surface area contributed by atoms with Crippen molar-refractivity contribution in [3.05, 3.63) is 60.2 Å². The zero-order valence-corrected chi connectivity index (χ0v) is 19.1. The quantitative estimate of drug-likeness (QED) is 0.403. The summed E-state index contributed by atoms with van der Waals surface area (Å²) in [5, 5.41) is 13.2. The van der Waals surface area contributed by atoms with E-state index in [1.54, 1.807) is 31.3 Å². The molecule has 1 aromatic carbocycles. The Kier molecular flexibility index (Phi) is 7.92. The first-order valence-corrected chi connectivity index (χ1v) is 11.8. The van der Waals surface area contributed by atoms with Crippen LogP contribution in [-0.4, -0.2) is 40.5 Å². The highest BCUT2D eigenvalue weighted by atomic mass is 32.2. The third-order valence-electron chi connectivity index (χ3n) is 5.34. The van der Waals surface area contributed by atoms with Crippen LogP contribution >= 0.6 is 11.8 Å². The second-order valence-corrected chi connectivity index (χ2v) is 8.75. The number of hydrogen-bond donors (Lipinski definition) is 2. The molecule has 3 aromatic rings. The number of aryl methyl sites for hydroxylation is 1. The van der Waals surface area contributed by atoms with Gasteiger partial charge >= 0.3 is 0 Å². The lowest BCUT2D eigenvalue weighted by Crippen LogP contribution is -2.24. The smallest absolute Gasteiger partial charge is 0.168 e. The van der Waals surface area contributed by atoms with E-state index in [-0.39, 0.29) is 6.61 Å². The van der Waals surface area contributed by atoms with Gasteiger partial charge in [0.15, 0.2) is 5.82 Å². The first-order valence-electron chi connectivity index (χ1n) is 11.0. The van der Waals surface area contributed by atoms with Crippen LogP contribution in [0.15, 0.2) is 58.8 Å². The van der Waals surface area contributed by atoms with Gasteiger partial charge in [0.25, 0.3) is 0 Å². The van der Waals surface area contributed by atoms with Gasteiger partial charge in [0.1, 0.15) is 11.8 Å². The summed E-state index contributed by atoms with van der Waals surface area (Å²) in [6, 6.07) is 10.6. The van der Waals surface area contributed by atoms with Crippen LogP contribution in [0.25, 0.3) is 0 Å². The highest BCUT2D eigenvalue weighted by Gasteiger charge is 2.25. The molecule has 0 fully saturated rings. The molecular weight excluding hydrogens is 422 g/mol. The van der Waals surface area contributed by atoms with Crippen LogP contribution in [0.4, 0.5) is 17.2 Å². The average Bonchev–Trinajstić information content (AvgIpc) is 2.83. The molecule has 2 aromatic heterocycles. The molecule has 2 N–H and O–H groups in total. The number of rotatable bonds is 11. The zero-order valence-electron chi connectivity index (χ0n) is 18.3. The van der Waals surface area contributed by atoms with Gasteiger partial charge in [0, 0.05) is 43.2 Å². The fourth-order valence-electron chi connectivity index (χ4n) is 3.68. The van der Waals surface area contributed by atoms with Crippen molar-refractivity contribution < 1.29 is 9.84 Å². The second-order valence-electron chi connectivity index (χ2n) is 7.71. The van der Waals surface area contributed by atoms with Crippen molar-refractivity contribution in [3.8, 4) is 0 Å². The number of ether oxygens (including phenoxy) is 1. The summed E-state index contributed by atoms with van der Waals surface area (Å²) in [5.41, 5.74) is 4.37. The van der Waals surface area contributed by atoms with Gasteiger partial charge in [-0.1, -0.05) is 30.7 Å². The molecular formula is C24H29N5O2S. The van der Waals surface area contributed by atoms with Crippen molar-refractivity contribution in [2.24, 2.45) is 0 Å². The lowest BCUT2D eigenvalue weighted by molar-refractivity contribution is 0.204. The SMILES string of the molecule is COCN1c2cc(CNc3ccc(CCCCCCO)nc3)ccc2Sc2nccnc21. The monoisotopic (exact) mass is 451 g/mol. The number of anilines is 3. The first-order chi connectivity index (χ1) is 15.8. The Morgan fingerprint density at radius 1 is 1.03 bits per heavy atom. The van der Waals surface area contributed by atoms with Gasteiger partial charge in [-0.3, -0.25) is 9.88 Å². The van der Waals surface area contributed by atoms with E-state index in [0.717, 1.165) is 64.9 Å². The summed E-state index contributed by atoms with van der Waals surface area (Å²) < 4.78 is 5.44. The highest BCUT2D eigenvalue weighted by Crippen LogP contribution is 2.46. The minimum absolute atomic E-state index is 0.285. The van der Waals surface area contributed by atoms with Crippen LogP contribution in [0, 0.1) is 0 Å². The predicted molar refractivity (Wildman–Crippen MR) is 127 cm³/mol. The number of nitrogens with zero attached hydrogens (tertiary/aromatic N) is 4. The third-order valence-corrected chi connectivity index (χ3v) is 6.39. The fraction of sp³-hybridized carbons (Fsp3) is 0.375. The number of aliphatic hydroxyl groups excluding tert-OH is 1. The van der Waals surface area contributed by atoms with Gasteiger partial charge in [-0.25, -0.2) is 9.97 Å². The zero-order chi connectivity index (χ0) is 22.2. The number of nitrogens with one attached hydrogen (secondary N) is 1. The summed E-state index contributed by atoms with van der Waals surface area (Å²) in [6.45, 7) is 1.41. The molecule has 1 aliphatic rings. The van der Waals surface area contributed by atoms with Crippen molar-refractivity contribution in [3.63, 3.8) is 0 Å². The number of methoxy groups -OCH3 is 1. The Morgan fingerprint density at radius 2 is 1.91 bits per heavy atom. The molecule has 0 saturated carbocycles. The molecule has 0 unspecified atom stereocenters. The topological polar surface area (TPSA) is 83.4 Å². The second kappa shape index (κ2) is 11.3. The Balaban J connectivity index is 1.37. The molecule has 0 bridgehead atoms. The standard InChI is InChI=1S/C24H29N5O2S/c1-31-17-29-21-14-18(7-10-22(21)32-24-23(29)25-11-12-26-24)15-27-20-9-8-19(28-16-20)6-4-2-3-5-13-30/h7-12,14,16,27,30H,2-6,13,15,17H2,1H3. The summed E-state index contributed by atoms with van der Waals surface area (Å²) >= 11 is 1.63. The van der Waals surface area contributed by atoms with E-state index in [4.69, 9.17) is 9.84 Å². The average molecular weight is 452 g/mol. The molecule has 1 aliphatic heterocycles. The van der Waals surface area contributed by atoms with Crippen LogP contribution in [0.1, 0.15) is 36.9 Å². The predicted octanol–water partition coefficient (Wildman–Crippen LogP) is 4.79. The van der Waals surface area contributed by atoms with E-state index in [2.05, 4.69) is 55.5 Å². The minimum atomic E-state index is 0.285. The van der Waals surface area contributed by atoms with Gasteiger partial charge in [-0.15, -0.1) is 0 Å². The molecule has 0 radical (unpaired) electrons. The molecule has 0 saturated heterocycles. The largest absolute Gasteiger partial charge is 0.396 e. The Hall–Kier alpha value is -2.68. The van der Waals surface area contributed by atoms with Crippen molar-refractivity contribution in [2.45, 2.75) is 48.6 Å². The molecule has 3 heterocycles. The fourth-order valence-corrected chi connectivity index (χ4v) is 4.66. The summed E-state index contributed by atoms with van der Waals surface area (Å²) in [7, 11) is 1.69. The van der Waals surface area contributed by atoms with Crippen LogP contribution in [0.5, 0.6) is 0 Å². The molecule has 7 nitrogen and oxygen atoms in total. The van der Waals surface area contributed by atoms with E-state index < -0.39 is 0 Å². The van der Waals surface area contributed by atoms with E-state index in [9.17, 15) is 0 Å². The molecule has 0 amide bonds. The van der Waals surface area contributed by atoms with Crippen LogP contribution < -0.4 is 10.2 Å². The summed E-state index contributed by atoms with van der Waals surface area (Å²) in [6.07, 6.45) is 10.5. The van der Waals surface area contributed by atoms with Crippen LogP contribution in [0.2, 0.25) is 0 Å². The minimum Gasteiger partial charge on any atom is -0.396 e. The number of aliphatic hydroxyl groups is 1. The van der Waals surface area contributed by atoms with Gasteiger partial charge in [-0.2, -0.15) is 0 Å². The third kappa shape index (κ3) is 5.56. The van der Waals surface area contributed by atoms with E-state index in [1.807, 2.05) is 6.20 Å². The Labute approximate surface area is 193 Å². The molecule has 0 spiro atoms. The first kappa shape index (κ1) is 22.5. The molecule has 32 heavy (non-hydrogen) atoms. The molecule has 8 heteroatoms. The lowest BCUT2D eigenvalue weighted by atomic mass is 10.1. The Bertz CT molecular complexity index is 1020. The number of hydrogen-bond acceptors (Lipinski definition) is 8. The van der Waals surface area contributed by atoms with E-state index >= 15 is 0 Å². The number of pyridine rings is 1. The van der Waals surface area contributed by atoms with Crippen molar-refractivity contribution in [2.75, 3.05) is 30.7 Å². The van der Waals surface area contributed by atoms with E-state index in [1.165, 1.54) is 5.56 Å². The number of unbranched alkanes of at least 4 members (excludes halogenated alkanes) is 3. The van der Waals surface area contributed by atoms with Gasteiger partial charge < -0.3 is 15.2 Å². The van der Waals surface area contributed by atoms with Crippen molar-refractivity contribution >= 4 is 29.0 Å². The molecule has 0 atom stereocenters. The number of fused-ring (bicyclic) bond motifs is 2. The van der Waals surface area contributed by atoms with Gasteiger partial charge in [0.05, 0.1) is 17.6 Å². The highest BCUT2D eigenvalue weighted by molar-refractivity contribution is 7.99. The normalized spacial score (nSPS) is 12.4. The maximum atomic E-state index is 8.85. The maximum Gasteiger partial charge on any atom is 0.168 e. The van der Waals surface area contributed by atoms with Gasteiger partial charge in [-0.05, 0) is 49.1 Å². The van der Waals surface area contributed by atoms with E-state index in [0.29, 0.717) is 13.3 Å². The summed E-state index contributed by atoms with van der Waals surface area (Å²) in [5.74, 6) is 0.827. The molecule has 168 valence electrons. The van der Waals surface area contributed by atoms with Gasteiger partial charge in [0.2, 0.25) is 0 Å². The lowest BCUT2D eigenvalue weighted by Gasteiger charge is -2.30. The number of benzene rings is 1. The van der Waals surface area contributed by atoms with Crippen molar-refractivity contribution in [1.82, 2.24) is 15.0 Å². The number of aromatic nitrogens is 3. The van der Waals surface area contributed by atoms with Crippen molar-refractivity contribution in [1.29, 1.82) is 0 Å². The van der Waals surface area contributed by atoms with Crippen LogP contribution in [-0.2, 0) is 17.7 Å². The molecule has 0 aliphatic carbocycles.